The number of hydrogen-bond acceptors (Lipinski definition) is 6. The van der Waals surface area contributed by atoms with Gasteiger partial charge in [-0.25, -0.2) is 4.98 Å². The minimum Gasteiger partial charge on any atom is -0.364 e. The van der Waals surface area contributed by atoms with Crippen LogP contribution >= 0.6 is 0 Å². The fourth-order valence-electron chi connectivity index (χ4n) is 2.42. The second-order valence-corrected chi connectivity index (χ2v) is 4.92. The van der Waals surface area contributed by atoms with E-state index >= 15 is 0 Å². The molecule has 0 spiro atoms. The van der Waals surface area contributed by atoms with Crippen molar-refractivity contribution in [3.05, 3.63) is 6.33 Å². The molecular weight excluding hydrogens is 242 g/mol. The summed E-state index contributed by atoms with van der Waals surface area (Å²) in [5.41, 5.74) is 1.57. The molecule has 0 saturated carbocycles. The molecule has 0 bridgehead atoms. The topological polar surface area (TPSA) is 81.8 Å². The van der Waals surface area contributed by atoms with Gasteiger partial charge in [-0.2, -0.15) is 9.97 Å². The SMILES string of the molecule is CCNc1nc(NC2CCN(C)C2)c2[nH]cnc2n1. The van der Waals surface area contributed by atoms with E-state index in [0.717, 1.165) is 37.4 Å². The third-order valence-electron chi connectivity index (χ3n) is 3.35. The highest BCUT2D eigenvalue weighted by Gasteiger charge is 2.21. The number of nitrogens with zero attached hydrogens (tertiary/aromatic N) is 4. The predicted molar refractivity (Wildman–Crippen MR) is 75.4 cm³/mol. The number of imidazole rings is 1. The number of aromatic nitrogens is 4. The lowest BCUT2D eigenvalue weighted by molar-refractivity contribution is 0.414. The first kappa shape index (κ1) is 12.2. The Balaban J connectivity index is 1.89. The van der Waals surface area contributed by atoms with Gasteiger partial charge in [0.05, 0.1) is 6.33 Å². The molecule has 2 aromatic rings. The molecule has 0 aromatic carbocycles. The minimum atomic E-state index is 0.431. The summed E-state index contributed by atoms with van der Waals surface area (Å²) in [5, 5.41) is 6.63. The number of hydrogen-bond donors (Lipinski definition) is 3. The number of H-pyrrole nitrogens is 1. The van der Waals surface area contributed by atoms with Gasteiger partial charge in [-0.3, -0.25) is 0 Å². The van der Waals surface area contributed by atoms with Gasteiger partial charge in [-0.05, 0) is 26.9 Å². The van der Waals surface area contributed by atoms with Crippen LogP contribution < -0.4 is 10.6 Å². The molecule has 3 rings (SSSR count). The van der Waals surface area contributed by atoms with Crippen molar-refractivity contribution in [2.75, 3.05) is 37.3 Å². The molecule has 7 nitrogen and oxygen atoms in total. The monoisotopic (exact) mass is 261 g/mol. The fourth-order valence-corrected chi connectivity index (χ4v) is 2.42. The van der Waals surface area contributed by atoms with Gasteiger partial charge in [0.2, 0.25) is 5.95 Å². The maximum absolute atomic E-state index is 4.53. The highest BCUT2D eigenvalue weighted by Crippen LogP contribution is 2.21. The predicted octanol–water partition coefficient (Wildman–Crippen LogP) is 0.901. The molecule has 0 aliphatic carbocycles. The molecule has 1 aliphatic heterocycles. The Morgan fingerprint density at radius 3 is 3.11 bits per heavy atom. The molecule has 7 heteroatoms. The largest absolute Gasteiger partial charge is 0.364 e. The molecule has 0 amide bonds. The first-order valence-electron chi connectivity index (χ1n) is 6.66. The quantitative estimate of drug-likeness (QED) is 0.758. The van der Waals surface area contributed by atoms with E-state index in [9.17, 15) is 0 Å². The van der Waals surface area contributed by atoms with E-state index in [4.69, 9.17) is 0 Å². The van der Waals surface area contributed by atoms with Crippen LogP contribution in [0.2, 0.25) is 0 Å². The summed E-state index contributed by atoms with van der Waals surface area (Å²) >= 11 is 0. The number of fused-ring (bicyclic) bond motifs is 1. The number of nitrogens with one attached hydrogen (secondary N) is 3. The van der Waals surface area contributed by atoms with Gasteiger partial charge in [0.1, 0.15) is 5.52 Å². The summed E-state index contributed by atoms with van der Waals surface area (Å²) in [6, 6.07) is 0.431. The van der Waals surface area contributed by atoms with E-state index < -0.39 is 0 Å². The third-order valence-corrected chi connectivity index (χ3v) is 3.35. The second kappa shape index (κ2) is 5.00. The highest BCUT2D eigenvalue weighted by atomic mass is 15.2. The van der Waals surface area contributed by atoms with Crippen LogP contribution in [0.3, 0.4) is 0 Å². The van der Waals surface area contributed by atoms with Crippen LogP contribution in [-0.4, -0.2) is 57.6 Å². The van der Waals surface area contributed by atoms with Gasteiger partial charge in [0, 0.05) is 19.1 Å². The lowest BCUT2D eigenvalue weighted by atomic mass is 10.2. The van der Waals surface area contributed by atoms with Crippen LogP contribution in [-0.2, 0) is 0 Å². The first-order valence-corrected chi connectivity index (χ1v) is 6.66. The maximum Gasteiger partial charge on any atom is 0.226 e. The van der Waals surface area contributed by atoms with E-state index in [2.05, 4.69) is 42.5 Å². The molecule has 2 aromatic heterocycles. The average molecular weight is 261 g/mol. The van der Waals surface area contributed by atoms with Crippen LogP contribution in [0.1, 0.15) is 13.3 Å². The smallest absolute Gasteiger partial charge is 0.226 e. The van der Waals surface area contributed by atoms with E-state index in [1.807, 2.05) is 6.92 Å². The summed E-state index contributed by atoms with van der Waals surface area (Å²) in [5.74, 6) is 1.45. The molecular formula is C12H19N7. The summed E-state index contributed by atoms with van der Waals surface area (Å²) in [4.78, 5) is 18.5. The van der Waals surface area contributed by atoms with Crippen LogP contribution in [0.5, 0.6) is 0 Å². The standard InChI is InChI=1S/C12H19N7/c1-3-13-12-17-10-9(14-7-15-10)11(18-12)16-8-4-5-19(2)6-8/h7-8H,3-6H2,1-2H3,(H3,13,14,15,16,17,18). The number of likely N-dealkylation sites (tertiary alicyclic amines) is 1. The van der Waals surface area contributed by atoms with Gasteiger partial charge in [-0.15, -0.1) is 0 Å². The zero-order valence-electron chi connectivity index (χ0n) is 11.3. The molecule has 3 heterocycles. The summed E-state index contributed by atoms with van der Waals surface area (Å²) < 4.78 is 0. The first-order chi connectivity index (χ1) is 9.26. The van der Waals surface area contributed by atoms with E-state index in [1.165, 1.54) is 0 Å². The van der Waals surface area contributed by atoms with Crippen molar-refractivity contribution in [2.45, 2.75) is 19.4 Å². The highest BCUT2D eigenvalue weighted by molar-refractivity contribution is 5.83. The van der Waals surface area contributed by atoms with Crippen molar-refractivity contribution in [1.29, 1.82) is 0 Å². The molecule has 3 N–H and O–H groups in total. The summed E-state index contributed by atoms with van der Waals surface area (Å²) in [6.07, 6.45) is 2.79. The molecule has 0 radical (unpaired) electrons. The van der Waals surface area contributed by atoms with Gasteiger partial charge >= 0.3 is 0 Å². The van der Waals surface area contributed by atoms with Gasteiger partial charge in [-0.1, -0.05) is 0 Å². The van der Waals surface area contributed by atoms with E-state index in [-0.39, 0.29) is 0 Å². The van der Waals surface area contributed by atoms with Gasteiger partial charge in [0.15, 0.2) is 11.5 Å². The van der Waals surface area contributed by atoms with Crippen LogP contribution in [0.15, 0.2) is 6.33 Å². The Morgan fingerprint density at radius 2 is 2.37 bits per heavy atom. The minimum absolute atomic E-state index is 0.431. The molecule has 1 atom stereocenters. The Labute approximate surface area is 111 Å². The lowest BCUT2D eigenvalue weighted by Gasteiger charge is -2.14. The molecule has 1 saturated heterocycles. The zero-order valence-corrected chi connectivity index (χ0v) is 11.3. The second-order valence-electron chi connectivity index (χ2n) is 4.92. The van der Waals surface area contributed by atoms with Crippen molar-refractivity contribution in [1.82, 2.24) is 24.8 Å². The van der Waals surface area contributed by atoms with Crippen LogP contribution in [0, 0.1) is 0 Å². The molecule has 1 aliphatic rings. The third kappa shape index (κ3) is 2.46. The molecule has 1 unspecified atom stereocenters. The Kier molecular flexibility index (Phi) is 3.20. The van der Waals surface area contributed by atoms with Crippen molar-refractivity contribution >= 4 is 22.9 Å². The van der Waals surface area contributed by atoms with Crippen molar-refractivity contribution in [3.8, 4) is 0 Å². The molecule has 1 fully saturated rings. The van der Waals surface area contributed by atoms with E-state index in [0.29, 0.717) is 17.6 Å². The maximum atomic E-state index is 4.53. The summed E-state index contributed by atoms with van der Waals surface area (Å²) in [7, 11) is 2.14. The lowest BCUT2D eigenvalue weighted by Crippen LogP contribution is -2.24. The fraction of sp³-hybridized carbons (Fsp3) is 0.583. The number of anilines is 2. The Hall–Kier alpha value is -1.89. The van der Waals surface area contributed by atoms with Crippen molar-refractivity contribution in [2.24, 2.45) is 0 Å². The Bertz CT molecular complexity index is 564. The van der Waals surface area contributed by atoms with Crippen molar-refractivity contribution < 1.29 is 0 Å². The Morgan fingerprint density at radius 1 is 1.47 bits per heavy atom. The summed E-state index contributed by atoms with van der Waals surface area (Å²) in [6.45, 7) is 4.98. The average Bonchev–Trinajstić information content (AvgIpc) is 2.99. The van der Waals surface area contributed by atoms with Gasteiger partial charge < -0.3 is 20.5 Å². The number of rotatable bonds is 4. The molecule has 19 heavy (non-hydrogen) atoms. The van der Waals surface area contributed by atoms with Crippen molar-refractivity contribution in [3.63, 3.8) is 0 Å². The van der Waals surface area contributed by atoms with Crippen LogP contribution in [0.25, 0.3) is 11.2 Å². The number of likely N-dealkylation sites (N-methyl/N-ethyl adjacent to an activating group) is 1. The van der Waals surface area contributed by atoms with Gasteiger partial charge in [0.25, 0.3) is 0 Å². The number of aromatic amines is 1. The molecule has 102 valence electrons. The zero-order chi connectivity index (χ0) is 13.2. The van der Waals surface area contributed by atoms with E-state index in [1.54, 1.807) is 6.33 Å². The normalized spacial score (nSPS) is 20.0. The van der Waals surface area contributed by atoms with Crippen LogP contribution in [0.4, 0.5) is 11.8 Å².